The number of thiazole rings is 1. The first kappa shape index (κ1) is 14.2. The normalized spacial score (nSPS) is 11.7. The maximum absolute atomic E-state index is 4.69. The lowest BCUT2D eigenvalue weighted by Gasteiger charge is -2.14. The van der Waals surface area contributed by atoms with E-state index >= 15 is 0 Å². The lowest BCUT2D eigenvalue weighted by Crippen LogP contribution is -2.17. The molecule has 0 aromatic carbocycles. The molecular weight excluding hydrogens is 254 g/mol. The molecule has 0 saturated heterocycles. The minimum absolute atomic E-state index is 0.152. The Morgan fingerprint density at radius 3 is 2.58 bits per heavy atom. The van der Waals surface area contributed by atoms with Gasteiger partial charge in [0.15, 0.2) is 0 Å². The van der Waals surface area contributed by atoms with Crippen molar-refractivity contribution in [1.82, 2.24) is 15.3 Å². The summed E-state index contributed by atoms with van der Waals surface area (Å²) in [6.45, 7) is 8.45. The second kappa shape index (κ2) is 6.26. The van der Waals surface area contributed by atoms with Crippen molar-refractivity contribution in [3.63, 3.8) is 0 Å². The highest BCUT2D eigenvalue weighted by atomic mass is 32.1. The van der Waals surface area contributed by atoms with Gasteiger partial charge in [0.2, 0.25) is 0 Å². The molecule has 0 bridgehead atoms. The summed E-state index contributed by atoms with van der Waals surface area (Å²) in [4.78, 5) is 8.71. The van der Waals surface area contributed by atoms with Gasteiger partial charge in [-0.1, -0.05) is 20.8 Å². The van der Waals surface area contributed by atoms with E-state index in [-0.39, 0.29) is 5.41 Å². The largest absolute Gasteiger partial charge is 0.312 e. The highest BCUT2D eigenvalue weighted by Crippen LogP contribution is 2.23. The Hall–Kier alpha value is -1.26. The summed E-state index contributed by atoms with van der Waals surface area (Å²) >= 11 is 1.76. The van der Waals surface area contributed by atoms with Gasteiger partial charge in [0.05, 0.1) is 10.7 Å². The molecule has 0 fully saturated rings. The first-order valence-corrected chi connectivity index (χ1v) is 7.48. The molecule has 2 aromatic heterocycles. The molecule has 0 atom stereocenters. The van der Waals surface area contributed by atoms with E-state index in [0.717, 1.165) is 19.5 Å². The third-order valence-electron chi connectivity index (χ3n) is 2.91. The van der Waals surface area contributed by atoms with Gasteiger partial charge < -0.3 is 5.32 Å². The summed E-state index contributed by atoms with van der Waals surface area (Å²) in [5, 5.41) is 6.83. The zero-order valence-electron chi connectivity index (χ0n) is 11.8. The molecule has 0 amide bonds. The second-order valence-corrected chi connectivity index (χ2v) is 6.60. The van der Waals surface area contributed by atoms with Crippen LogP contribution in [-0.2, 0) is 18.4 Å². The monoisotopic (exact) mass is 275 g/mol. The van der Waals surface area contributed by atoms with Crippen molar-refractivity contribution < 1.29 is 0 Å². The van der Waals surface area contributed by atoms with Crippen LogP contribution in [0.25, 0.3) is 0 Å². The molecule has 0 aliphatic rings. The molecule has 2 rings (SSSR count). The predicted octanol–water partition coefficient (Wildman–Crippen LogP) is 3.17. The van der Waals surface area contributed by atoms with Gasteiger partial charge in [0.1, 0.15) is 0 Å². The molecule has 3 nitrogen and oxygen atoms in total. The van der Waals surface area contributed by atoms with Crippen LogP contribution in [0.2, 0.25) is 0 Å². The quantitative estimate of drug-likeness (QED) is 0.852. The van der Waals surface area contributed by atoms with Gasteiger partial charge in [-0.2, -0.15) is 0 Å². The van der Waals surface area contributed by atoms with Crippen molar-refractivity contribution in [1.29, 1.82) is 0 Å². The molecule has 102 valence electrons. The lowest BCUT2D eigenvalue weighted by molar-refractivity contribution is 0.569. The average Bonchev–Trinajstić information content (AvgIpc) is 2.85. The van der Waals surface area contributed by atoms with Crippen LogP contribution in [0.1, 0.15) is 37.0 Å². The van der Waals surface area contributed by atoms with E-state index < -0.39 is 0 Å². The van der Waals surface area contributed by atoms with Crippen LogP contribution < -0.4 is 5.32 Å². The van der Waals surface area contributed by atoms with Crippen molar-refractivity contribution in [3.05, 3.63) is 46.2 Å². The van der Waals surface area contributed by atoms with Gasteiger partial charge in [-0.15, -0.1) is 11.3 Å². The van der Waals surface area contributed by atoms with E-state index in [1.54, 1.807) is 11.3 Å². The summed E-state index contributed by atoms with van der Waals surface area (Å²) in [5.41, 5.74) is 2.62. The summed E-state index contributed by atoms with van der Waals surface area (Å²) in [6.07, 6.45) is 4.65. The maximum atomic E-state index is 4.69. The van der Waals surface area contributed by atoms with Crippen LogP contribution in [0.15, 0.2) is 29.9 Å². The standard InChI is InChI=1S/C15H21N3S/c1-15(2,3)13-11-19-14(18-13)6-9-17-10-12-4-7-16-8-5-12/h4-5,7-8,11,17H,6,9-10H2,1-3H3. The fraction of sp³-hybridized carbons (Fsp3) is 0.467. The SMILES string of the molecule is CC(C)(C)c1csc(CCNCc2ccncc2)n1. The Bertz CT molecular complexity index is 500. The molecule has 0 aliphatic heterocycles. The van der Waals surface area contributed by atoms with Crippen LogP contribution in [0.3, 0.4) is 0 Å². The fourth-order valence-corrected chi connectivity index (χ4v) is 2.72. The zero-order chi connectivity index (χ0) is 13.7. The number of hydrogen-bond acceptors (Lipinski definition) is 4. The van der Waals surface area contributed by atoms with Gasteiger partial charge >= 0.3 is 0 Å². The molecule has 0 aliphatic carbocycles. The van der Waals surface area contributed by atoms with E-state index in [0.29, 0.717) is 0 Å². The van der Waals surface area contributed by atoms with Crippen LogP contribution in [-0.4, -0.2) is 16.5 Å². The molecular formula is C15H21N3S. The van der Waals surface area contributed by atoms with Gasteiger partial charge in [0.25, 0.3) is 0 Å². The molecule has 0 radical (unpaired) electrons. The third-order valence-corrected chi connectivity index (χ3v) is 3.82. The predicted molar refractivity (Wildman–Crippen MR) is 80.5 cm³/mol. The van der Waals surface area contributed by atoms with Crippen molar-refractivity contribution in [2.45, 2.75) is 39.2 Å². The minimum atomic E-state index is 0.152. The second-order valence-electron chi connectivity index (χ2n) is 5.66. The summed E-state index contributed by atoms with van der Waals surface area (Å²) in [7, 11) is 0. The van der Waals surface area contributed by atoms with Crippen LogP contribution >= 0.6 is 11.3 Å². The Balaban J connectivity index is 1.76. The summed E-state index contributed by atoms with van der Waals surface area (Å²) in [5.74, 6) is 0. The fourth-order valence-electron chi connectivity index (χ4n) is 1.70. The van der Waals surface area contributed by atoms with E-state index in [4.69, 9.17) is 4.98 Å². The smallest absolute Gasteiger partial charge is 0.0941 e. The minimum Gasteiger partial charge on any atom is -0.312 e. The van der Waals surface area contributed by atoms with E-state index in [1.807, 2.05) is 24.5 Å². The van der Waals surface area contributed by atoms with Crippen molar-refractivity contribution >= 4 is 11.3 Å². The zero-order valence-corrected chi connectivity index (χ0v) is 12.6. The summed E-state index contributed by atoms with van der Waals surface area (Å²) < 4.78 is 0. The van der Waals surface area contributed by atoms with Crippen LogP contribution in [0.4, 0.5) is 0 Å². The first-order valence-electron chi connectivity index (χ1n) is 6.60. The number of aromatic nitrogens is 2. The summed E-state index contributed by atoms with van der Waals surface area (Å²) in [6, 6.07) is 4.07. The van der Waals surface area contributed by atoms with Crippen molar-refractivity contribution in [2.24, 2.45) is 0 Å². The number of rotatable bonds is 5. The average molecular weight is 275 g/mol. The Morgan fingerprint density at radius 2 is 1.95 bits per heavy atom. The Morgan fingerprint density at radius 1 is 1.21 bits per heavy atom. The maximum Gasteiger partial charge on any atom is 0.0941 e. The molecule has 4 heteroatoms. The molecule has 2 heterocycles. The molecule has 1 N–H and O–H groups in total. The number of pyridine rings is 1. The molecule has 0 spiro atoms. The first-order chi connectivity index (χ1) is 9.05. The molecule has 19 heavy (non-hydrogen) atoms. The van der Waals surface area contributed by atoms with E-state index in [2.05, 4.69) is 36.5 Å². The lowest BCUT2D eigenvalue weighted by atomic mass is 9.93. The van der Waals surface area contributed by atoms with Crippen LogP contribution in [0, 0.1) is 0 Å². The topological polar surface area (TPSA) is 37.8 Å². The molecule has 0 saturated carbocycles. The third kappa shape index (κ3) is 4.40. The van der Waals surface area contributed by atoms with Crippen LogP contribution in [0.5, 0.6) is 0 Å². The van der Waals surface area contributed by atoms with E-state index in [9.17, 15) is 0 Å². The number of hydrogen-bond donors (Lipinski definition) is 1. The van der Waals surface area contributed by atoms with Gasteiger partial charge in [-0.05, 0) is 17.7 Å². The highest BCUT2D eigenvalue weighted by molar-refractivity contribution is 7.09. The molecule has 2 aromatic rings. The van der Waals surface area contributed by atoms with Gasteiger partial charge in [-0.25, -0.2) is 4.98 Å². The van der Waals surface area contributed by atoms with Gasteiger partial charge in [-0.3, -0.25) is 4.98 Å². The van der Waals surface area contributed by atoms with Crippen molar-refractivity contribution in [2.75, 3.05) is 6.54 Å². The number of nitrogens with zero attached hydrogens (tertiary/aromatic N) is 2. The Kier molecular flexibility index (Phi) is 4.66. The highest BCUT2D eigenvalue weighted by Gasteiger charge is 2.16. The number of nitrogens with one attached hydrogen (secondary N) is 1. The Labute approximate surface area is 119 Å². The van der Waals surface area contributed by atoms with Crippen molar-refractivity contribution in [3.8, 4) is 0 Å². The van der Waals surface area contributed by atoms with E-state index in [1.165, 1.54) is 16.3 Å². The van der Waals surface area contributed by atoms with Gasteiger partial charge in [0, 0.05) is 42.7 Å². The molecule has 0 unspecified atom stereocenters.